The zero-order valence-corrected chi connectivity index (χ0v) is 6.05. The predicted molar refractivity (Wildman–Crippen MR) is 34.4 cm³/mol. The van der Waals surface area contributed by atoms with E-state index >= 15 is 0 Å². The van der Waals surface area contributed by atoms with Gasteiger partial charge in [0, 0.05) is 6.42 Å². The Morgan fingerprint density at radius 1 is 1.67 bits per heavy atom. The van der Waals surface area contributed by atoms with Crippen molar-refractivity contribution in [3.8, 4) is 0 Å². The first-order valence-corrected chi connectivity index (χ1v) is 2.86. The Bertz CT molecular complexity index is 91.1. The zero-order chi connectivity index (χ0) is 7.28. The van der Waals surface area contributed by atoms with Gasteiger partial charge in [-0.15, -0.1) is 0 Å². The van der Waals surface area contributed by atoms with Crippen LogP contribution in [0, 0.1) is 6.73 Å². The first-order chi connectivity index (χ1) is 4.16. The standard InChI is InChI=1S/C6H12NO2/c1-4-6(8)9-5-7(2)3/h5H,4H2,1-3H3. The second-order valence-corrected chi connectivity index (χ2v) is 1.91. The van der Waals surface area contributed by atoms with E-state index in [1.54, 1.807) is 25.9 Å². The molecule has 0 aliphatic heterocycles. The van der Waals surface area contributed by atoms with E-state index in [0.717, 1.165) is 0 Å². The molecule has 0 aliphatic carbocycles. The van der Waals surface area contributed by atoms with Gasteiger partial charge in [-0.25, -0.2) is 0 Å². The normalized spacial score (nSPS) is 9.78. The molecule has 0 aromatic heterocycles. The van der Waals surface area contributed by atoms with Gasteiger partial charge in [-0.05, 0) is 14.1 Å². The molecule has 0 saturated carbocycles. The van der Waals surface area contributed by atoms with Crippen LogP contribution in [-0.4, -0.2) is 25.0 Å². The van der Waals surface area contributed by atoms with Crippen LogP contribution in [0.25, 0.3) is 0 Å². The average molecular weight is 130 g/mol. The van der Waals surface area contributed by atoms with Gasteiger partial charge in [-0.2, -0.15) is 0 Å². The molecule has 0 atom stereocenters. The van der Waals surface area contributed by atoms with Crippen LogP contribution in [0.1, 0.15) is 13.3 Å². The van der Waals surface area contributed by atoms with E-state index in [0.29, 0.717) is 6.42 Å². The van der Waals surface area contributed by atoms with Crippen molar-refractivity contribution in [3.05, 3.63) is 6.73 Å². The van der Waals surface area contributed by atoms with Crippen LogP contribution >= 0.6 is 0 Å². The lowest BCUT2D eigenvalue weighted by Crippen LogP contribution is -2.13. The van der Waals surface area contributed by atoms with E-state index in [9.17, 15) is 4.79 Å². The molecule has 3 nitrogen and oxygen atoms in total. The summed E-state index contributed by atoms with van der Waals surface area (Å²) in [6, 6.07) is 0. The third-order valence-corrected chi connectivity index (χ3v) is 0.684. The molecule has 0 aromatic rings. The summed E-state index contributed by atoms with van der Waals surface area (Å²) in [5.41, 5.74) is 0. The van der Waals surface area contributed by atoms with E-state index in [-0.39, 0.29) is 5.97 Å². The van der Waals surface area contributed by atoms with Crippen molar-refractivity contribution >= 4 is 5.97 Å². The number of carbonyl (C=O) groups excluding carboxylic acids is 1. The van der Waals surface area contributed by atoms with Crippen LogP contribution in [0.2, 0.25) is 0 Å². The maximum absolute atomic E-state index is 10.4. The van der Waals surface area contributed by atoms with E-state index in [1.165, 1.54) is 6.73 Å². The smallest absolute Gasteiger partial charge is 0.307 e. The van der Waals surface area contributed by atoms with Gasteiger partial charge >= 0.3 is 5.97 Å². The Hall–Kier alpha value is -0.570. The molecule has 0 unspecified atom stereocenters. The van der Waals surface area contributed by atoms with Gasteiger partial charge in [0.2, 0.25) is 6.73 Å². The minimum absolute atomic E-state index is 0.205. The molecule has 53 valence electrons. The van der Waals surface area contributed by atoms with E-state index < -0.39 is 0 Å². The van der Waals surface area contributed by atoms with Gasteiger partial charge in [0.15, 0.2) is 0 Å². The quantitative estimate of drug-likeness (QED) is 0.524. The summed E-state index contributed by atoms with van der Waals surface area (Å²) in [6.45, 7) is 3.14. The van der Waals surface area contributed by atoms with Crippen molar-refractivity contribution in [2.45, 2.75) is 13.3 Å². The third-order valence-electron chi connectivity index (χ3n) is 0.684. The van der Waals surface area contributed by atoms with Crippen molar-refractivity contribution < 1.29 is 9.53 Å². The van der Waals surface area contributed by atoms with Gasteiger partial charge < -0.3 is 4.74 Å². The zero-order valence-electron chi connectivity index (χ0n) is 6.05. The van der Waals surface area contributed by atoms with Crippen LogP contribution in [0.15, 0.2) is 0 Å². The summed E-state index contributed by atoms with van der Waals surface area (Å²) in [6.07, 6.45) is 0.421. The van der Waals surface area contributed by atoms with Crippen LogP contribution in [-0.2, 0) is 9.53 Å². The Morgan fingerprint density at radius 2 is 2.22 bits per heavy atom. The Labute approximate surface area is 55.6 Å². The summed E-state index contributed by atoms with van der Waals surface area (Å²) in [5, 5.41) is 0. The monoisotopic (exact) mass is 130 g/mol. The number of hydrogen-bond acceptors (Lipinski definition) is 3. The average Bonchev–Trinajstić information content (AvgIpc) is 1.83. The van der Waals surface area contributed by atoms with Crippen molar-refractivity contribution in [2.24, 2.45) is 0 Å². The van der Waals surface area contributed by atoms with Gasteiger partial charge in [0.05, 0.1) is 0 Å². The van der Waals surface area contributed by atoms with Gasteiger partial charge in [0.25, 0.3) is 0 Å². The molecule has 0 aromatic carbocycles. The lowest BCUT2D eigenvalue weighted by molar-refractivity contribution is -0.141. The topological polar surface area (TPSA) is 29.5 Å². The molecular formula is C6H12NO2. The molecular weight excluding hydrogens is 118 g/mol. The van der Waals surface area contributed by atoms with Gasteiger partial charge in [-0.1, -0.05) is 6.92 Å². The van der Waals surface area contributed by atoms with Crippen LogP contribution in [0.4, 0.5) is 0 Å². The number of hydrogen-bond donors (Lipinski definition) is 0. The van der Waals surface area contributed by atoms with E-state index in [2.05, 4.69) is 4.74 Å². The molecule has 9 heavy (non-hydrogen) atoms. The largest absolute Gasteiger partial charge is 0.441 e. The molecule has 0 N–H and O–H groups in total. The Morgan fingerprint density at radius 3 is 2.56 bits per heavy atom. The number of nitrogens with zero attached hydrogens (tertiary/aromatic N) is 1. The molecule has 3 heteroatoms. The first kappa shape index (κ1) is 8.43. The fraction of sp³-hybridized carbons (Fsp3) is 0.667. The maximum atomic E-state index is 10.4. The fourth-order valence-electron chi connectivity index (χ4n) is 0.248. The summed E-state index contributed by atoms with van der Waals surface area (Å²) >= 11 is 0. The number of ether oxygens (including phenoxy) is 1. The molecule has 0 heterocycles. The van der Waals surface area contributed by atoms with E-state index in [1.807, 2.05) is 0 Å². The van der Waals surface area contributed by atoms with Crippen molar-refractivity contribution in [1.29, 1.82) is 0 Å². The summed E-state index contributed by atoms with van der Waals surface area (Å²) in [5.74, 6) is -0.205. The predicted octanol–water partition coefficient (Wildman–Crippen LogP) is 0.620. The second kappa shape index (κ2) is 4.32. The van der Waals surface area contributed by atoms with Crippen molar-refractivity contribution in [2.75, 3.05) is 14.1 Å². The molecule has 0 aliphatic rings. The minimum Gasteiger partial charge on any atom is -0.441 e. The fourth-order valence-corrected chi connectivity index (χ4v) is 0.248. The van der Waals surface area contributed by atoms with Crippen LogP contribution in [0.5, 0.6) is 0 Å². The Kier molecular flexibility index (Phi) is 4.05. The molecule has 0 amide bonds. The first-order valence-electron chi connectivity index (χ1n) is 2.86. The van der Waals surface area contributed by atoms with Gasteiger partial charge in [0.1, 0.15) is 0 Å². The van der Waals surface area contributed by atoms with Crippen molar-refractivity contribution in [3.63, 3.8) is 0 Å². The van der Waals surface area contributed by atoms with Crippen LogP contribution < -0.4 is 0 Å². The molecule has 1 radical (unpaired) electrons. The highest BCUT2D eigenvalue weighted by Crippen LogP contribution is 1.89. The summed E-state index contributed by atoms with van der Waals surface area (Å²) in [4.78, 5) is 12.1. The third kappa shape index (κ3) is 5.30. The minimum atomic E-state index is -0.205. The number of carbonyl (C=O) groups is 1. The lowest BCUT2D eigenvalue weighted by Gasteiger charge is -2.06. The lowest BCUT2D eigenvalue weighted by atomic mass is 10.5. The van der Waals surface area contributed by atoms with Crippen LogP contribution in [0.3, 0.4) is 0 Å². The second-order valence-electron chi connectivity index (χ2n) is 1.91. The summed E-state index contributed by atoms with van der Waals surface area (Å²) in [7, 11) is 3.59. The molecule has 0 rings (SSSR count). The Balaban J connectivity index is 3.17. The maximum Gasteiger partial charge on any atom is 0.307 e. The SMILES string of the molecule is CCC(=O)O[CH]N(C)C. The summed E-state index contributed by atoms with van der Waals surface area (Å²) < 4.78 is 4.61. The van der Waals surface area contributed by atoms with E-state index in [4.69, 9.17) is 0 Å². The molecule has 0 bridgehead atoms. The molecule has 0 spiro atoms. The van der Waals surface area contributed by atoms with Gasteiger partial charge in [-0.3, -0.25) is 9.69 Å². The molecule has 0 saturated heterocycles. The number of esters is 1. The highest BCUT2D eigenvalue weighted by Gasteiger charge is 1.97. The number of rotatable bonds is 3. The highest BCUT2D eigenvalue weighted by atomic mass is 16.5. The highest BCUT2D eigenvalue weighted by molar-refractivity contribution is 5.69. The molecule has 0 fully saturated rings. The van der Waals surface area contributed by atoms with Crippen molar-refractivity contribution in [1.82, 2.24) is 4.90 Å².